The zero-order valence-electron chi connectivity index (χ0n) is 23.1. The van der Waals surface area contributed by atoms with Gasteiger partial charge in [0, 0.05) is 24.3 Å². The van der Waals surface area contributed by atoms with Crippen LogP contribution in [0.25, 0.3) is 0 Å². The highest BCUT2D eigenvalue weighted by atomic mass is 32.2. The molecular formula is C31H49NO3S. The number of rotatable bonds is 14. The van der Waals surface area contributed by atoms with Crippen molar-refractivity contribution in [2.45, 2.75) is 130 Å². The molecule has 2 bridgehead atoms. The minimum atomic E-state index is -3.53. The molecule has 202 valence electrons. The summed E-state index contributed by atoms with van der Waals surface area (Å²) in [6.07, 6.45) is 25.6. The van der Waals surface area contributed by atoms with Crippen LogP contribution in [-0.4, -0.2) is 30.4 Å². The molecule has 1 heterocycles. The van der Waals surface area contributed by atoms with E-state index in [4.69, 9.17) is 0 Å². The number of hydrogen-bond acceptors (Lipinski definition) is 3. The summed E-state index contributed by atoms with van der Waals surface area (Å²) >= 11 is 0. The summed E-state index contributed by atoms with van der Waals surface area (Å²) in [6, 6.07) is -0.148. The summed E-state index contributed by atoms with van der Waals surface area (Å²) in [5.41, 5.74) is -0.258. The van der Waals surface area contributed by atoms with Crippen LogP contribution in [0.5, 0.6) is 0 Å². The topological polar surface area (TPSA) is 54.5 Å². The fraction of sp³-hybridized carbons (Fsp3) is 0.774. The standard InChI is InChI=1S/C31H49NO3S/c1-4-5-6-7-8-9-10-11-12-13-14-15-16-17-18-19-20-21-22-29(33)32-28-25-27-23-24-31(28,30(27,2)3)26-36(32,34)35/h17-18,21-22,27-28H,4-12,15-16,19-20,23-26H2,1-3H3/b18-17+,22-21+/t27-,28-,31-/m0/s1. The summed E-state index contributed by atoms with van der Waals surface area (Å²) < 4.78 is 27.1. The zero-order chi connectivity index (χ0) is 26.1. The van der Waals surface area contributed by atoms with Crippen LogP contribution in [0, 0.1) is 28.6 Å². The summed E-state index contributed by atoms with van der Waals surface area (Å²) in [5, 5.41) is 0. The fourth-order valence-corrected chi connectivity index (χ4v) is 9.45. The highest BCUT2D eigenvalue weighted by molar-refractivity contribution is 7.90. The van der Waals surface area contributed by atoms with Crippen LogP contribution in [0.2, 0.25) is 0 Å². The van der Waals surface area contributed by atoms with E-state index in [9.17, 15) is 13.2 Å². The molecular weight excluding hydrogens is 466 g/mol. The van der Waals surface area contributed by atoms with Crippen LogP contribution in [0.1, 0.15) is 124 Å². The van der Waals surface area contributed by atoms with Crippen molar-refractivity contribution < 1.29 is 13.2 Å². The molecule has 36 heavy (non-hydrogen) atoms. The molecule has 5 heteroatoms. The number of fused-ring (bicyclic) bond motifs is 1. The number of hydrogen-bond donors (Lipinski definition) is 0. The fourth-order valence-electron chi connectivity index (χ4n) is 6.94. The highest BCUT2D eigenvalue weighted by Gasteiger charge is 2.72. The average molecular weight is 516 g/mol. The molecule has 1 aliphatic heterocycles. The molecule has 4 nitrogen and oxygen atoms in total. The van der Waals surface area contributed by atoms with Gasteiger partial charge in [-0.05, 0) is 56.3 Å². The lowest BCUT2D eigenvalue weighted by Crippen LogP contribution is -2.43. The van der Waals surface area contributed by atoms with Crippen LogP contribution in [0.3, 0.4) is 0 Å². The molecule has 1 spiro atoms. The monoisotopic (exact) mass is 515 g/mol. The molecule has 0 aromatic carbocycles. The number of carbonyl (C=O) groups is 1. The molecule has 3 aliphatic rings. The lowest BCUT2D eigenvalue weighted by Gasteiger charge is -2.36. The predicted octanol–water partition coefficient (Wildman–Crippen LogP) is 7.56. The Hall–Kier alpha value is -1.54. The van der Waals surface area contributed by atoms with Crippen molar-refractivity contribution >= 4 is 15.9 Å². The van der Waals surface area contributed by atoms with Crippen molar-refractivity contribution in [3.05, 3.63) is 24.3 Å². The van der Waals surface area contributed by atoms with Gasteiger partial charge >= 0.3 is 0 Å². The Kier molecular flexibility index (Phi) is 10.7. The van der Waals surface area contributed by atoms with Crippen molar-refractivity contribution in [3.63, 3.8) is 0 Å². The largest absolute Gasteiger partial charge is 0.269 e. The molecule has 2 saturated carbocycles. The number of nitrogens with zero attached hydrogens (tertiary/aromatic N) is 1. The van der Waals surface area contributed by atoms with Gasteiger partial charge in [-0.1, -0.05) is 83.9 Å². The molecule has 0 aromatic rings. The highest BCUT2D eigenvalue weighted by Crippen LogP contribution is 2.69. The van der Waals surface area contributed by atoms with E-state index >= 15 is 0 Å². The number of sulfonamides is 1. The van der Waals surface area contributed by atoms with Gasteiger partial charge in [0.15, 0.2) is 0 Å². The molecule has 2 aliphatic carbocycles. The Morgan fingerprint density at radius 2 is 1.56 bits per heavy atom. The first-order valence-electron chi connectivity index (χ1n) is 14.6. The van der Waals surface area contributed by atoms with E-state index in [0.717, 1.165) is 51.4 Å². The smallest absolute Gasteiger partial charge is 0.259 e. The Labute approximate surface area is 221 Å². The van der Waals surface area contributed by atoms with Crippen molar-refractivity contribution in [3.8, 4) is 11.8 Å². The van der Waals surface area contributed by atoms with Crippen LogP contribution in [0.15, 0.2) is 24.3 Å². The van der Waals surface area contributed by atoms with E-state index in [1.54, 1.807) is 0 Å². The Bertz CT molecular complexity index is 952. The summed E-state index contributed by atoms with van der Waals surface area (Å²) in [6.45, 7) is 6.67. The van der Waals surface area contributed by atoms with E-state index in [1.807, 2.05) is 6.08 Å². The van der Waals surface area contributed by atoms with Gasteiger partial charge in [-0.25, -0.2) is 12.7 Å². The minimum Gasteiger partial charge on any atom is -0.269 e. The lowest BCUT2D eigenvalue weighted by molar-refractivity contribution is -0.124. The second-order valence-corrected chi connectivity index (χ2v) is 13.7. The molecule has 1 saturated heterocycles. The second kappa shape index (κ2) is 13.3. The van der Waals surface area contributed by atoms with Gasteiger partial charge in [0.25, 0.3) is 5.91 Å². The van der Waals surface area contributed by atoms with Gasteiger partial charge in [-0.2, -0.15) is 0 Å². The first kappa shape index (κ1) is 29.0. The Morgan fingerprint density at radius 3 is 2.28 bits per heavy atom. The summed E-state index contributed by atoms with van der Waals surface area (Å²) in [4.78, 5) is 12.9. The Balaban J connectivity index is 1.27. The van der Waals surface area contributed by atoms with Crippen LogP contribution >= 0.6 is 0 Å². The maximum Gasteiger partial charge on any atom is 0.259 e. The average Bonchev–Trinajstić information content (AvgIpc) is 3.31. The van der Waals surface area contributed by atoms with E-state index < -0.39 is 10.0 Å². The lowest BCUT2D eigenvalue weighted by atomic mass is 9.69. The number of unbranched alkanes of at least 4 members (excludes halogenated alkanes) is 10. The normalized spacial score (nSPS) is 27.6. The van der Waals surface area contributed by atoms with Gasteiger partial charge in [0.05, 0.1) is 11.8 Å². The van der Waals surface area contributed by atoms with Crippen LogP contribution < -0.4 is 0 Å². The van der Waals surface area contributed by atoms with E-state index in [0.29, 0.717) is 5.92 Å². The van der Waals surface area contributed by atoms with Crippen molar-refractivity contribution in [2.24, 2.45) is 16.7 Å². The predicted molar refractivity (Wildman–Crippen MR) is 150 cm³/mol. The van der Waals surface area contributed by atoms with Gasteiger partial charge in [-0.3, -0.25) is 4.79 Å². The third-order valence-corrected chi connectivity index (χ3v) is 11.2. The van der Waals surface area contributed by atoms with Gasteiger partial charge in [0.1, 0.15) is 0 Å². The third kappa shape index (κ3) is 6.66. The van der Waals surface area contributed by atoms with Crippen molar-refractivity contribution in [1.29, 1.82) is 0 Å². The van der Waals surface area contributed by atoms with Crippen molar-refractivity contribution in [1.82, 2.24) is 4.31 Å². The van der Waals surface area contributed by atoms with Crippen LogP contribution in [0.4, 0.5) is 0 Å². The molecule has 0 unspecified atom stereocenters. The van der Waals surface area contributed by atoms with E-state index in [-0.39, 0.29) is 28.5 Å². The second-order valence-electron chi connectivity index (χ2n) is 11.8. The molecule has 3 rings (SSSR count). The molecule has 0 radical (unpaired) electrons. The number of allylic oxidation sites excluding steroid dienone is 3. The summed E-state index contributed by atoms with van der Waals surface area (Å²) in [5.74, 6) is 6.88. The SMILES string of the molecule is CCCCCCCCCCC#CCC/C=C/CC/C=C/C(=O)N1[C@H]2C[C@@H]3CC[C@@]2(CS1(=O)=O)C3(C)C. The van der Waals surface area contributed by atoms with Gasteiger partial charge in [-0.15, -0.1) is 11.8 Å². The van der Waals surface area contributed by atoms with E-state index in [2.05, 4.69) is 44.8 Å². The quantitative estimate of drug-likeness (QED) is 0.104. The molecule has 3 fully saturated rings. The van der Waals surface area contributed by atoms with Gasteiger partial charge < -0.3 is 0 Å². The maximum atomic E-state index is 12.9. The number of carbonyl (C=O) groups excluding carboxylic acids is 1. The van der Waals surface area contributed by atoms with Crippen LogP contribution in [-0.2, 0) is 14.8 Å². The summed E-state index contributed by atoms with van der Waals surface area (Å²) in [7, 11) is -3.53. The van der Waals surface area contributed by atoms with Gasteiger partial charge in [0.2, 0.25) is 10.0 Å². The van der Waals surface area contributed by atoms with E-state index in [1.165, 1.54) is 61.7 Å². The van der Waals surface area contributed by atoms with Crippen molar-refractivity contribution in [2.75, 3.05) is 5.75 Å². The molecule has 1 amide bonds. The maximum absolute atomic E-state index is 12.9. The third-order valence-electron chi connectivity index (χ3n) is 9.27. The molecule has 0 N–H and O–H groups in total. The first-order chi connectivity index (χ1) is 17.3. The molecule has 3 atom stereocenters. The Morgan fingerprint density at radius 1 is 0.917 bits per heavy atom. The minimum absolute atomic E-state index is 0.00773. The molecule has 0 aromatic heterocycles. The first-order valence-corrected chi connectivity index (χ1v) is 16.2. The number of amides is 1. The zero-order valence-corrected chi connectivity index (χ0v) is 23.9.